The molecule has 3 heteroatoms. The summed E-state index contributed by atoms with van der Waals surface area (Å²) in [7, 11) is 0. The second-order valence-corrected chi connectivity index (χ2v) is 8.20. The number of nitrogens with zero attached hydrogens (tertiary/aromatic N) is 1. The predicted octanol–water partition coefficient (Wildman–Crippen LogP) is 3.04. The van der Waals surface area contributed by atoms with Crippen LogP contribution in [-0.2, 0) is 4.74 Å². The number of nitrogens with one attached hydrogen (secondary N) is 1. The van der Waals surface area contributed by atoms with E-state index in [1.165, 1.54) is 19.3 Å². The van der Waals surface area contributed by atoms with E-state index in [-0.39, 0.29) is 5.54 Å². The van der Waals surface area contributed by atoms with Crippen molar-refractivity contribution < 1.29 is 4.74 Å². The number of piperazine rings is 1. The molecule has 0 aromatic rings. The van der Waals surface area contributed by atoms with E-state index in [9.17, 15) is 0 Å². The molecule has 0 aliphatic carbocycles. The monoisotopic (exact) mass is 282 g/mol. The quantitative estimate of drug-likeness (QED) is 0.861. The van der Waals surface area contributed by atoms with Gasteiger partial charge >= 0.3 is 0 Å². The molecule has 0 bridgehead atoms. The zero-order chi connectivity index (χ0) is 15.0. The fourth-order valence-corrected chi connectivity index (χ4v) is 3.45. The van der Waals surface area contributed by atoms with Gasteiger partial charge in [-0.3, -0.25) is 4.90 Å². The highest BCUT2D eigenvalue weighted by atomic mass is 16.5. The Kier molecular flexibility index (Phi) is 4.83. The number of hydrogen-bond donors (Lipinski definition) is 1. The first-order chi connectivity index (χ1) is 9.24. The van der Waals surface area contributed by atoms with E-state index < -0.39 is 0 Å². The van der Waals surface area contributed by atoms with Crippen LogP contribution in [0, 0.1) is 5.41 Å². The molecule has 2 aliphatic heterocycles. The molecule has 1 N–H and O–H groups in total. The average Bonchev–Trinajstić information content (AvgIpc) is 2.76. The topological polar surface area (TPSA) is 24.5 Å². The highest BCUT2D eigenvalue weighted by Gasteiger charge is 2.41. The van der Waals surface area contributed by atoms with Crippen molar-refractivity contribution in [3.8, 4) is 0 Å². The molecule has 2 saturated heterocycles. The summed E-state index contributed by atoms with van der Waals surface area (Å²) in [5.41, 5.74) is 0.591. The van der Waals surface area contributed by atoms with Gasteiger partial charge in [0, 0.05) is 31.2 Å². The molecular formula is C17H34N2O. The van der Waals surface area contributed by atoms with E-state index >= 15 is 0 Å². The summed E-state index contributed by atoms with van der Waals surface area (Å²) in [5.74, 6) is 0. The molecule has 2 fully saturated rings. The molecule has 0 spiro atoms. The largest absolute Gasteiger partial charge is 0.374 e. The maximum Gasteiger partial charge on any atom is 0.0706 e. The zero-order valence-corrected chi connectivity index (χ0v) is 14.3. The van der Waals surface area contributed by atoms with Crippen LogP contribution in [0.25, 0.3) is 0 Å². The first kappa shape index (κ1) is 16.3. The second-order valence-electron chi connectivity index (χ2n) is 8.20. The van der Waals surface area contributed by atoms with Crippen LogP contribution in [0.4, 0.5) is 0 Å². The lowest BCUT2D eigenvalue weighted by atomic mass is 9.81. The lowest BCUT2D eigenvalue weighted by Crippen LogP contribution is -2.66. The van der Waals surface area contributed by atoms with Crippen LogP contribution in [0.2, 0.25) is 0 Å². The summed E-state index contributed by atoms with van der Waals surface area (Å²) in [6.07, 6.45) is 4.54. The first-order valence-electron chi connectivity index (χ1n) is 8.38. The van der Waals surface area contributed by atoms with Gasteiger partial charge in [0.05, 0.1) is 12.2 Å². The molecule has 4 unspecified atom stereocenters. The molecule has 4 atom stereocenters. The van der Waals surface area contributed by atoms with Crippen molar-refractivity contribution in [2.24, 2.45) is 5.41 Å². The molecule has 20 heavy (non-hydrogen) atoms. The van der Waals surface area contributed by atoms with Gasteiger partial charge in [-0.25, -0.2) is 0 Å². The summed E-state index contributed by atoms with van der Waals surface area (Å²) < 4.78 is 6.06. The number of ether oxygens (including phenoxy) is 1. The highest BCUT2D eigenvalue weighted by molar-refractivity contribution is 4.99. The Balaban J connectivity index is 2.03. The lowest BCUT2D eigenvalue weighted by Gasteiger charge is -2.51. The minimum atomic E-state index is 0.275. The molecule has 0 amide bonds. The Bertz CT molecular complexity index is 325. The van der Waals surface area contributed by atoms with E-state index in [0.29, 0.717) is 23.7 Å². The minimum absolute atomic E-state index is 0.275. The molecule has 0 radical (unpaired) electrons. The van der Waals surface area contributed by atoms with Crippen molar-refractivity contribution in [1.82, 2.24) is 10.2 Å². The normalized spacial score (nSPS) is 40.2. The van der Waals surface area contributed by atoms with Gasteiger partial charge in [-0.05, 0) is 38.5 Å². The third kappa shape index (κ3) is 3.55. The molecular weight excluding hydrogens is 248 g/mol. The molecule has 2 rings (SSSR count). The van der Waals surface area contributed by atoms with Gasteiger partial charge < -0.3 is 10.1 Å². The Labute approximate surface area is 125 Å². The van der Waals surface area contributed by atoms with Crippen LogP contribution in [0.15, 0.2) is 0 Å². The summed E-state index contributed by atoms with van der Waals surface area (Å²) in [5, 5.41) is 3.78. The molecule has 2 aliphatic rings. The average molecular weight is 282 g/mol. The third-order valence-corrected chi connectivity index (χ3v) is 5.45. The molecule has 118 valence electrons. The van der Waals surface area contributed by atoms with Crippen molar-refractivity contribution in [3.05, 3.63) is 0 Å². The van der Waals surface area contributed by atoms with Gasteiger partial charge in [0.1, 0.15) is 0 Å². The molecule has 0 aromatic heterocycles. The number of hydrogen-bond acceptors (Lipinski definition) is 3. The fraction of sp³-hybridized carbons (Fsp3) is 1.00. The van der Waals surface area contributed by atoms with Crippen molar-refractivity contribution in [2.75, 3.05) is 19.6 Å². The third-order valence-electron chi connectivity index (χ3n) is 5.45. The Hall–Kier alpha value is -0.120. The molecule has 3 nitrogen and oxygen atoms in total. The van der Waals surface area contributed by atoms with E-state index in [4.69, 9.17) is 4.74 Å². The zero-order valence-electron chi connectivity index (χ0n) is 14.3. The predicted molar refractivity (Wildman–Crippen MR) is 85.1 cm³/mol. The smallest absolute Gasteiger partial charge is 0.0706 e. The number of rotatable bonds is 3. The van der Waals surface area contributed by atoms with Crippen LogP contribution >= 0.6 is 0 Å². The second kappa shape index (κ2) is 5.94. The molecule has 2 heterocycles. The van der Waals surface area contributed by atoms with E-state index in [2.05, 4.69) is 51.8 Å². The first-order valence-corrected chi connectivity index (χ1v) is 8.38. The Morgan fingerprint density at radius 2 is 2.00 bits per heavy atom. The minimum Gasteiger partial charge on any atom is -0.374 e. The summed E-state index contributed by atoms with van der Waals surface area (Å²) in [4.78, 5) is 2.70. The summed E-state index contributed by atoms with van der Waals surface area (Å²) in [6.45, 7) is 17.3. The van der Waals surface area contributed by atoms with E-state index in [1.54, 1.807) is 0 Å². The Morgan fingerprint density at radius 1 is 1.30 bits per heavy atom. The van der Waals surface area contributed by atoms with Gasteiger partial charge in [-0.1, -0.05) is 27.7 Å². The fourth-order valence-electron chi connectivity index (χ4n) is 3.45. The van der Waals surface area contributed by atoms with Crippen LogP contribution in [0.3, 0.4) is 0 Å². The van der Waals surface area contributed by atoms with Gasteiger partial charge in [0.15, 0.2) is 0 Å². The maximum absolute atomic E-state index is 6.06. The summed E-state index contributed by atoms with van der Waals surface area (Å²) >= 11 is 0. The van der Waals surface area contributed by atoms with Crippen LogP contribution in [0.1, 0.15) is 60.8 Å². The standard InChI is InChI=1S/C17H34N2O/c1-7-17(6)12-18-15(16(3,4)5)11-19(17)10-14-9-8-13(2)20-14/h13-15,18H,7-12H2,1-6H3. The van der Waals surface area contributed by atoms with Gasteiger partial charge in [-0.15, -0.1) is 0 Å². The van der Waals surface area contributed by atoms with Gasteiger partial charge in [-0.2, -0.15) is 0 Å². The van der Waals surface area contributed by atoms with Crippen molar-refractivity contribution in [1.29, 1.82) is 0 Å². The van der Waals surface area contributed by atoms with E-state index in [0.717, 1.165) is 19.6 Å². The molecule has 0 saturated carbocycles. The van der Waals surface area contributed by atoms with Crippen molar-refractivity contribution in [2.45, 2.75) is 84.6 Å². The van der Waals surface area contributed by atoms with Crippen molar-refractivity contribution in [3.63, 3.8) is 0 Å². The van der Waals surface area contributed by atoms with Crippen LogP contribution in [0.5, 0.6) is 0 Å². The van der Waals surface area contributed by atoms with Crippen molar-refractivity contribution >= 4 is 0 Å². The summed E-state index contributed by atoms with van der Waals surface area (Å²) in [6, 6.07) is 0.570. The maximum atomic E-state index is 6.06. The molecule has 0 aromatic carbocycles. The van der Waals surface area contributed by atoms with Gasteiger partial charge in [0.25, 0.3) is 0 Å². The highest BCUT2D eigenvalue weighted by Crippen LogP contribution is 2.31. The van der Waals surface area contributed by atoms with Gasteiger partial charge in [0.2, 0.25) is 0 Å². The lowest BCUT2D eigenvalue weighted by molar-refractivity contribution is -0.0296. The van der Waals surface area contributed by atoms with Crippen LogP contribution in [-0.4, -0.2) is 48.3 Å². The van der Waals surface area contributed by atoms with E-state index in [1.807, 2.05) is 0 Å². The Morgan fingerprint density at radius 3 is 2.50 bits per heavy atom. The van der Waals surface area contributed by atoms with Crippen LogP contribution < -0.4 is 5.32 Å². The SMILES string of the molecule is CCC1(C)CNC(C(C)(C)C)CN1CC1CCC(C)O1.